The highest BCUT2D eigenvalue weighted by molar-refractivity contribution is 4.88. The Bertz CT molecular complexity index is 138. The van der Waals surface area contributed by atoms with Crippen LogP contribution in [-0.4, -0.2) is 35.7 Å². The van der Waals surface area contributed by atoms with Crippen LogP contribution in [0.4, 0.5) is 0 Å². The molecule has 0 aliphatic heterocycles. The molecule has 0 saturated carbocycles. The van der Waals surface area contributed by atoms with E-state index in [2.05, 4.69) is 39.6 Å². The van der Waals surface area contributed by atoms with Crippen LogP contribution in [0.15, 0.2) is 0 Å². The lowest BCUT2D eigenvalue weighted by molar-refractivity contribution is 0.0193. The van der Waals surface area contributed by atoms with Crippen molar-refractivity contribution in [3.05, 3.63) is 0 Å². The quantitative estimate of drug-likeness (QED) is 0.688. The second-order valence-corrected chi connectivity index (χ2v) is 4.25. The molecule has 0 radical (unpaired) electrons. The smallest absolute Gasteiger partial charge is 0.0615 e. The van der Waals surface area contributed by atoms with Crippen LogP contribution in [0, 0.1) is 5.92 Å². The molecule has 0 fully saturated rings. The molecule has 13 heavy (non-hydrogen) atoms. The van der Waals surface area contributed by atoms with Crippen molar-refractivity contribution in [3.8, 4) is 0 Å². The van der Waals surface area contributed by atoms with E-state index < -0.39 is 0 Å². The standard InChI is InChI=1S/C11H25NO/c1-6-8-12(5)11(4,9-13)10(3)7-2/h10,13H,6-9H2,1-5H3. The van der Waals surface area contributed by atoms with Crippen molar-refractivity contribution in [3.63, 3.8) is 0 Å². The first kappa shape index (κ1) is 12.9. The largest absolute Gasteiger partial charge is 0.394 e. The number of hydrogen-bond donors (Lipinski definition) is 1. The summed E-state index contributed by atoms with van der Waals surface area (Å²) in [6.07, 6.45) is 2.26. The Kier molecular flexibility index (Phi) is 5.57. The first-order valence-corrected chi connectivity index (χ1v) is 5.35. The number of aliphatic hydroxyl groups excluding tert-OH is 1. The fourth-order valence-electron chi connectivity index (χ4n) is 1.68. The fraction of sp³-hybridized carbons (Fsp3) is 1.00. The van der Waals surface area contributed by atoms with E-state index in [0.717, 1.165) is 19.4 Å². The molecule has 2 nitrogen and oxygen atoms in total. The van der Waals surface area contributed by atoms with Crippen LogP contribution in [0.5, 0.6) is 0 Å². The zero-order valence-electron chi connectivity index (χ0n) is 9.80. The molecule has 80 valence electrons. The van der Waals surface area contributed by atoms with Gasteiger partial charge in [0.2, 0.25) is 0 Å². The molecule has 0 aliphatic rings. The van der Waals surface area contributed by atoms with E-state index in [0.29, 0.717) is 5.92 Å². The number of rotatable bonds is 6. The summed E-state index contributed by atoms with van der Waals surface area (Å²) < 4.78 is 0. The van der Waals surface area contributed by atoms with Crippen molar-refractivity contribution in [2.75, 3.05) is 20.2 Å². The predicted molar refractivity (Wildman–Crippen MR) is 57.9 cm³/mol. The van der Waals surface area contributed by atoms with Crippen molar-refractivity contribution in [1.29, 1.82) is 0 Å². The Labute approximate surface area is 82.9 Å². The number of aliphatic hydroxyl groups is 1. The summed E-state index contributed by atoms with van der Waals surface area (Å²) in [5.41, 5.74) is -0.0508. The van der Waals surface area contributed by atoms with Gasteiger partial charge >= 0.3 is 0 Å². The SMILES string of the molecule is CCCN(C)C(C)(CO)C(C)CC. The Balaban J connectivity index is 4.41. The topological polar surface area (TPSA) is 23.5 Å². The van der Waals surface area contributed by atoms with Crippen LogP contribution in [0.1, 0.15) is 40.5 Å². The van der Waals surface area contributed by atoms with Crippen molar-refractivity contribution < 1.29 is 5.11 Å². The van der Waals surface area contributed by atoms with Gasteiger partial charge in [-0.1, -0.05) is 27.2 Å². The lowest BCUT2D eigenvalue weighted by Crippen LogP contribution is -2.52. The Morgan fingerprint density at radius 1 is 1.38 bits per heavy atom. The fourth-order valence-corrected chi connectivity index (χ4v) is 1.68. The normalized spacial score (nSPS) is 18.7. The molecule has 2 atom stereocenters. The molecule has 0 aromatic heterocycles. The zero-order chi connectivity index (χ0) is 10.5. The summed E-state index contributed by atoms with van der Waals surface area (Å²) >= 11 is 0. The second-order valence-electron chi connectivity index (χ2n) is 4.25. The van der Waals surface area contributed by atoms with Crippen LogP contribution in [-0.2, 0) is 0 Å². The molecule has 0 aromatic carbocycles. The highest BCUT2D eigenvalue weighted by Crippen LogP contribution is 2.25. The Morgan fingerprint density at radius 3 is 2.23 bits per heavy atom. The van der Waals surface area contributed by atoms with Crippen LogP contribution in [0.3, 0.4) is 0 Å². The average Bonchev–Trinajstić information content (AvgIpc) is 2.15. The molecule has 0 aliphatic carbocycles. The van der Waals surface area contributed by atoms with E-state index in [1.54, 1.807) is 0 Å². The highest BCUT2D eigenvalue weighted by atomic mass is 16.3. The molecule has 1 N–H and O–H groups in total. The van der Waals surface area contributed by atoms with E-state index in [9.17, 15) is 5.11 Å². The van der Waals surface area contributed by atoms with Crippen molar-refractivity contribution in [2.45, 2.75) is 46.1 Å². The molecule has 0 aromatic rings. The molecule has 2 heteroatoms. The molecular weight excluding hydrogens is 162 g/mol. The van der Waals surface area contributed by atoms with Gasteiger partial charge < -0.3 is 5.11 Å². The molecule has 0 rings (SSSR count). The van der Waals surface area contributed by atoms with Crippen molar-refractivity contribution >= 4 is 0 Å². The van der Waals surface area contributed by atoms with Crippen molar-refractivity contribution in [1.82, 2.24) is 4.90 Å². The minimum atomic E-state index is -0.0508. The van der Waals surface area contributed by atoms with Crippen LogP contribution in [0.2, 0.25) is 0 Å². The van der Waals surface area contributed by atoms with Gasteiger partial charge in [0.1, 0.15) is 0 Å². The van der Waals surface area contributed by atoms with Gasteiger partial charge in [0.05, 0.1) is 6.61 Å². The van der Waals surface area contributed by atoms with Gasteiger partial charge in [0.25, 0.3) is 0 Å². The third-order valence-electron chi connectivity index (χ3n) is 3.43. The molecule has 0 saturated heterocycles. The lowest BCUT2D eigenvalue weighted by atomic mass is 9.84. The molecule has 2 unspecified atom stereocenters. The lowest BCUT2D eigenvalue weighted by Gasteiger charge is -2.42. The molecule has 0 amide bonds. The van der Waals surface area contributed by atoms with Gasteiger partial charge in [0.15, 0.2) is 0 Å². The summed E-state index contributed by atoms with van der Waals surface area (Å²) in [7, 11) is 2.10. The summed E-state index contributed by atoms with van der Waals surface area (Å²) in [6.45, 7) is 10.0. The van der Waals surface area contributed by atoms with Crippen LogP contribution < -0.4 is 0 Å². The minimum absolute atomic E-state index is 0.0508. The second kappa shape index (κ2) is 5.61. The van der Waals surface area contributed by atoms with Gasteiger partial charge in [0, 0.05) is 5.54 Å². The maximum Gasteiger partial charge on any atom is 0.0615 e. The van der Waals surface area contributed by atoms with Crippen LogP contribution >= 0.6 is 0 Å². The van der Waals surface area contributed by atoms with Gasteiger partial charge in [-0.2, -0.15) is 0 Å². The summed E-state index contributed by atoms with van der Waals surface area (Å²) in [5, 5.41) is 9.44. The molecule has 0 spiro atoms. The first-order chi connectivity index (χ1) is 6.02. The average molecular weight is 187 g/mol. The third-order valence-corrected chi connectivity index (χ3v) is 3.43. The van der Waals surface area contributed by atoms with E-state index >= 15 is 0 Å². The monoisotopic (exact) mass is 187 g/mol. The van der Waals surface area contributed by atoms with E-state index in [1.165, 1.54) is 0 Å². The third kappa shape index (κ3) is 2.96. The predicted octanol–water partition coefficient (Wildman–Crippen LogP) is 2.13. The van der Waals surface area contributed by atoms with Crippen LogP contribution in [0.25, 0.3) is 0 Å². The molecular formula is C11H25NO. The van der Waals surface area contributed by atoms with Gasteiger partial charge in [-0.15, -0.1) is 0 Å². The number of likely N-dealkylation sites (N-methyl/N-ethyl adjacent to an activating group) is 1. The summed E-state index contributed by atoms with van der Waals surface area (Å²) in [4.78, 5) is 2.28. The van der Waals surface area contributed by atoms with Gasteiger partial charge in [-0.05, 0) is 32.9 Å². The van der Waals surface area contributed by atoms with E-state index in [4.69, 9.17) is 0 Å². The highest BCUT2D eigenvalue weighted by Gasteiger charge is 2.32. The number of hydrogen-bond acceptors (Lipinski definition) is 2. The summed E-state index contributed by atoms with van der Waals surface area (Å²) in [5.74, 6) is 0.536. The molecule has 0 heterocycles. The van der Waals surface area contributed by atoms with E-state index in [1.807, 2.05) is 0 Å². The van der Waals surface area contributed by atoms with Gasteiger partial charge in [-0.3, -0.25) is 4.90 Å². The first-order valence-electron chi connectivity index (χ1n) is 5.35. The Hall–Kier alpha value is -0.0800. The van der Waals surface area contributed by atoms with Gasteiger partial charge in [-0.25, -0.2) is 0 Å². The van der Waals surface area contributed by atoms with Crippen molar-refractivity contribution in [2.24, 2.45) is 5.92 Å². The summed E-state index contributed by atoms with van der Waals surface area (Å²) in [6, 6.07) is 0. The molecule has 0 bridgehead atoms. The zero-order valence-corrected chi connectivity index (χ0v) is 9.80. The number of nitrogens with zero attached hydrogens (tertiary/aromatic N) is 1. The maximum absolute atomic E-state index is 9.44. The van der Waals surface area contributed by atoms with E-state index in [-0.39, 0.29) is 12.1 Å². The maximum atomic E-state index is 9.44. The minimum Gasteiger partial charge on any atom is -0.394 e. The Morgan fingerprint density at radius 2 is 1.92 bits per heavy atom.